The molecule has 0 fully saturated rings. The Morgan fingerprint density at radius 2 is 1.38 bits per heavy atom. The molecule has 0 aliphatic rings. The Morgan fingerprint density at radius 1 is 0.917 bits per heavy atom. The van der Waals surface area contributed by atoms with Crippen molar-refractivity contribution in [2.45, 2.75) is 31.7 Å². The number of benzene rings is 2. The maximum atomic E-state index is 11.3. The van der Waals surface area contributed by atoms with Crippen molar-refractivity contribution >= 4 is 5.97 Å². The first-order valence-corrected chi connectivity index (χ1v) is 7.95. The van der Waals surface area contributed by atoms with Crippen LogP contribution in [0.3, 0.4) is 0 Å². The van der Waals surface area contributed by atoms with Crippen LogP contribution in [0.1, 0.15) is 17.5 Å². The third-order valence-corrected chi connectivity index (χ3v) is 3.97. The minimum atomic E-state index is -1.55. The molecule has 0 amide bonds. The summed E-state index contributed by atoms with van der Waals surface area (Å²) in [6.07, 6.45) is -1.36. The molecule has 0 radical (unpaired) electrons. The molecule has 3 N–H and O–H groups in total. The first kappa shape index (κ1) is 18.1. The molecule has 128 valence electrons. The lowest BCUT2D eigenvalue weighted by Gasteiger charge is -2.33. The van der Waals surface area contributed by atoms with Crippen LogP contribution in [0.2, 0.25) is 0 Å². The average molecular weight is 329 g/mol. The molecule has 5 nitrogen and oxygen atoms in total. The van der Waals surface area contributed by atoms with Crippen LogP contribution in [-0.2, 0) is 17.9 Å². The second-order valence-corrected chi connectivity index (χ2v) is 5.74. The molecule has 2 unspecified atom stereocenters. The van der Waals surface area contributed by atoms with Gasteiger partial charge in [0.1, 0.15) is 0 Å². The van der Waals surface area contributed by atoms with Gasteiger partial charge in [0.15, 0.2) is 6.10 Å². The quantitative estimate of drug-likeness (QED) is 0.654. The number of carboxylic acids is 1. The summed E-state index contributed by atoms with van der Waals surface area (Å²) in [5.41, 5.74) is 2.04. The summed E-state index contributed by atoms with van der Waals surface area (Å²) in [4.78, 5) is 13.2. The normalized spacial score (nSPS) is 13.6. The fourth-order valence-electron chi connectivity index (χ4n) is 2.76. The molecular formula is C19H23NO4. The van der Waals surface area contributed by atoms with E-state index in [-0.39, 0.29) is 13.0 Å². The average Bonchev–Trinajstić information content (AvgIpc) is 2.60. The number of rotatable bonds is 9. The summed E-state index contributed by atoms with van der Waals surface area (Å²) < 4.78 is 0. The Morgan fingerprint density at radius 3 is 1.75 bits per heavy atom. The van der Waals surface area contributed by atoms with Crippen molar-refractivity contribution < 1.29 is 20.1 Å². The van der Waals surface area contributed by atoms with Gasteiger partial charge in [-0.2, -0.15) is 0 Å². The molecule has 5 heteroatoms. The molecule has 2 aromatic rings. The van der Waals surface area contributed by atoms with Crippen molar-refractivity contribution in [3.8, 4) is 0 Å². The van der Waals surface area contributed by atoms with Crippen molar-refractivity contribution in [3.05, 3.63) is 71.8 Å². The maximum absolute atomic E-state index is 11.3. The Labute approximate surface area is 141 Å². The highest BCUT2D eigenvalue weighted by atomic mass is 16.4. The van der Waals surface area contributed by atoms with E-state index in [1.807, 2.05) is 65.6 Å². The van der Waals surface area contributed by atoms with Crippen LogP contribution in [0.5, 0.6) is 0 Å². The Bertz CT molecular complexity index is 576. The van der Waals surface area contributed by atoms with Crippen LogP contribution in [-0.4, -0.2) is 44.9 Å². The third kappa shape index (κ3) is 5.16. The second-order valence-electron chi connectivity index (χ2n) is 5.74. The molecule has 0 saturated carbocycles. The van der Waals surface area contributed by atoms with E-state index < -0.39 is 18.1 Å². The van der Waals surface area contributed by atoms with Crippen LogP contribution in [0.25, 0.3) is 0 Å². The Kier molecular flexibility index (Phi) is 6.93. The molecule has 24 heavy (non-hydrogen) atoms. The first-order chi connectivity index (χ1) is 11.6. The number of carboxylic acid groups (broad SMARTS) is 1. The highest BCUT2D eigenvalue weighted by Crippen LogP contribution is 2.18. The third-order valence-electron chi connectivity index (χ3n) is 3.97. The molecule has 0 aliphatic carbocycles. The molecule has 0 bridgehead atoms. The SMILES string of the molecule is O=C(O)C(O)C(CCO)N(Cc1ccccc1)Cc1ccccc1. The van der Waals surface area contributed by atoms with E-state index in [0.717, 1.165) is 11.1 Å². The molecular weight excluding hydrogens is 306 g/mol. The van der Waals surface area contributed by atoms with Crippen LogP contribution < -0.4 is 0 Å². The van der Waals surface area contributed by atoms with E-state index in [1.165, 1.54) is 0 Å². The maximum Gasteiger partial charge on any atom is 0.334 e. The van der Waals surface area contributed by atoms with Crippen LogP contribution in [0, 0.1) is 0 Å². The minimum Gasteiger partial charge on any atom is -0.479 e. The zero-order chi connectivity index (χ0) is 17.4. The van der Waals surface area contributed by atoms with Gasteiger partial charge in [-0.05, 0) is 17.5 Å². The van der Waals surface area contributed by atoms with E-state index in [9.17, 15) is 20.1 Å². The largest absolute Gasteiger partial charge is 0.479 e. The smallest absolute Gasteiger partial charge is 0.334 e. The van der Waals surface area contributed by atoms with Crippen LogP contribution >= 0.6 is 0 Å². The van der Waals surface area contributed by atoms with Crippen LogP contribution in [0.4, 0.5) is 0 Å². The predicted octanol–water partition coefficient (Wildman–Crippen LogP) is 1.89. The minimum absolute atomic E-state index is 0.185. The summed E-state index contributed by atoms with van der Waals surface area (Å²) in [7, 11) is 0. The van der Waals surface area contributed by atoms with Crippen molar-refractivity contribution in [2.24, 2.45) is 0 Å². The number of hydrogen-bond acceptors (Lipinski definition) is 4. The van der Waals surface area contributed by atoms with Gasteiger partial charge >= 0.3 is 5.97 Å². The van der Waals surface area contributed by atoms with Gasteiger partial charge in [-0.15, -0.1) is 0 Å². The van der Waals surface area contributed by atoms with Gasteiger partial charge < -0.3 is 15.3 Å². The molecule has 0 heterocycles. The van der Waals surface area contributed by atoms with Crippen molar-refractivity contribution in [3.63, 3.8) is 0 Å². The molecule has 2 rings (SSSR count). The van der Waals surface area contributed by atoms with E-state index >= 15 is 0 Å². The lowest BCUT2D eigenvalue weighted by Crippen LogP contribution is -2.47. The number of hydrogen-bond donors (Lipinski definition) is 3. The van der Waals surface area contributed by atoms with Gasteiger partial charge in [-0.3, -0.25) is 4.90 Å². The highest BCUT2D eigenvalue weighted by Gasteiger charge is 2.30. The molecule has 2 atom stereocenters. The Balaban J connectivity index is 2.26. The fourth-order valence-corrected chi connectivity index (χ4v) is 2.76. The zero-order valence-corrected chi connectivity index (χ0v) is 13.5. The standard InChI is InChI=1S/C19H23NO4/c21-12-11-17(18(22)19(23)24)20(13-15-7-3-1-4-8-15)14-16-9-5-2-6-10-16/h1-10,17-18,21-22H,11-14H2,(H,23,24). The van der Waals surface area contributed by atoms with Gasteiger partial charge in [0, 0.05) is 25.7 Å². The summed E-state index contributed by atoms with van der Waals surface area (Å²) in [5.74, 6) is -1.28. The number of carbonyl (C=O) groups is 1. The predicted molar refractivity (Wildman–Crippen MR) is 91.3 cm³/mol. The molecule has 0 saturated heterocycles. The zero-order valence-electron chi connectivity index (χ0n) is 13.5. The van der Waals surface area contributed by atoms with E-state index in [4.69, 9.17) is 0 Å². The number of aliphatic carboxylic acids is 1. The Hall–Kier alpha value is -2.21. The highest BCUT2D eigenvalue weighted by molar-refractivity contribution is 5.72. The van der Waals surface area contributed by atoms with Gasteiger partial charge in [-0.25, -0.2) is 4.79 Å². The topological polar surface area (TPSA) is 81.0 Å². The lowest BCUT2D eigenvalue weighted by molar-refractivity contribution is -0.151. The molecule has 0 aliphatic heterocycles. The number of aliphatic hydroxyl groups is 2. The fraction of sp³-hybridized carbons (Fsp3) is 0.316. The van der Waals surface area contributed by atoms with Gasteiger partial charge in [-0.1, -0.05) is 60.7 Å². The molecule has 2 aromatic carbocycles. The molecule has 0 aromatic heterocycles. The van der Waals surface area contributed by atoms with Gasteiger partial charge in [0.2, 0.25) is 0 Å². The number of aliphatic hydroxyl groups excluding tert-OH is 2. The van der Waals surface area contributed by atoms with Crippen LogP contribution in [0.15, 0.2) is 60.7 Å². The molecule has 0 spiro atoms. The number of nitrogens with zero attached hydrogens (tertiary/aromatic N) is 1. The monoisotopic (exact) mass is 329 g/mol. The second kappa shape index (κ2) is 9.17. The lowest BCUT2D eigenvalue weighted by atomic mass is 10.0. The van der Waals surface area contributed by atoms with Crippen molar-refractivity contribution in [1.29, 1.82) is 0 Å². The summed E-state index contributed by atoms with van der Waals surface area (Å²) in [6, 6.07) is 18.7. The van der Waals surface area contributed by atoms with E-state index in [0.29, 0.717) is 13.1 Å². The van der Waals surface area contributed by atoms with E-state index in [2.05, 4.69) is 0 Å². The summed E-state index contributed by atoms with van der Waals surface area (Å²) in [5, 5.41) is 28.6. The summed E-state index contributed by atoms with van der Waals surface area (Å²) >= 11 is 0. The van der Waals surface area contributed by atoms with Gasteiger partial charge in [0.25, 0.3) is 0 Å². The first-order valence-electron chi connectivity index (χ1n) is 7.95. The van der Waals surface area contributed by atoms with Crippen molar-refractivity contribution in [2.75, 3.05) is 6.61 Å². The van der Waals surface area contributed by atoms with E-state index in [1.54, 1.807) is 0 Å². The van der Waals surface area contributed by atoms with Crippen molar-refractivity contribution in [1.82, 2.24) is 4.90 Å². The summed E-state index contributed by atoms with van der Waals surface area (Å²) in [6.45, 7) is 0.796. The van der Waals surface area contributed by atoms with Gasteiger partial charge in [0.05, 0.1) is 0 Å².